The molecule has 110 valence electrons. The van der Waals surface area contributed by atoms with Crippen LogP contribution in [0.5, 0.6) is 0 Å². The fourth-order valence-electron chi connectivity index (χ4n) is 2.47. The predicted molar refractivity (Wildman–Crippen MR) is 82.9 cm³/mol. The molecule has 0 aromatic heterocycles. The van der Waals surface area contributed by atoms with Crippen molar-refractivity contribution in [1.82, 2.24) is 4.90 Å². The molecule has 0 heterocycles. The maximum Gasteiger partial charge on any atom is 0.0303 e. The van der Waals surface area contributed by atoms with Crippen LogP contribution in [0.4, 0.5) is 0 Å². The second kappa shape index (κ2) is 8.92. The Morgan fingerprint density at radius 2 is 1.61 bits per heavy atom. The summed E-state index contributed by atoms with van der Waals surface area (Å²) in [6.45, 7) is 12.2. The van der Waals surface area contributed by atoms with Gasteiger partial charge in [0.25, 0.3) is 0 Å². The lowest BCUT2D eigenvalue weighted by Gasteiger charge is -2.43. The van der Waals surface area contributed by atoms with Crippen LogP contribution in [0.1, 0.15) is 73.1 Å². The van der Waals surface area contributed by atoms with Gasteiger partial charge in [0.15, 0.2) is 0 Å². The molecule has 0 saturated carbocycles. The Morgan fingerprint density at radius 3 is 2.06 bits per heavy atom. The fourth-order valence-corrected chi connectivity index (χ4v) is 2.47. The molecule has 0 aromatic rings. The number of nitrogens with two attached hydrogens (primary N) is 1. The number of likely N-dealkylation sites (N-methyl/N-ethyl adjacent to an activating group) is 1. The highest BCUT2D eigenvalue weighted by Crippen LogP contribution is 2.25. The van der Waals surface area contributed by atoms with Crippen LogP contribution >= 0.6 is 0 Å². The van der Waals surface area contributed by atoms with Crippen LogP contribution in [0.3, 0.4) is 0 Å². The van der Waals surface area contributed by atoms with E-state index < -0.39 is 0 Å². The monoisotopic (exact) mass is 256 g/mol. The van der Waals surface area contributed by atoms with Gasteiger partial charge in [-0.25, -0.2) is 0 Å². The minimum atomic E-state index is 0.163. The van der Waals surface area contributed by atoms with Crippen molar-refractivity contribution < 1.29 is 0 Å². The summed E-state index contributed by atoms with van der Waals surface area (Å²) < 4.78 is 0. The van der Waals surface area contributed by atoms with Gasteiger partial charge in [-0.1, -0.05) is 52.9 Å². The molecule has 2 unspecified atom stereocenters. The number of unbranched alkanes of at least 4 members (excludes halogenated alkanes) is 4. The van der Waals surface area contributed by atoms with Crippen molar-refractivity contribution in [3.05, 3.63) is 0 Å². The molecule has 2 N–H and O–H groups in total. The van der Waals surface area contributed by atoms with E-state index in [2.05, 4.69) is 46.6 Å². The third kappa shape index (κ3) is 5.71. The number of nitrogens with zero attached hydrogens (tertiary/aromatic N) is 1. The molecular formula is C16H36N2. The van der Waals surface area contributed by atoms with Gasteiger partial charge in [0.1, 0.15) is 0 Å². The lowest BCUT2D eigenvalue weighted by Crippen LogP contribution is -2.54. The predicted octanol–water partition coefficient (Wildman–Crippen LogP) is 4.04. The summed E-state index contributed by atoms with van der Waals surface area (Å²) in [6.07, 6.45) is 7.95. The highest BCUT2D eigenvalue weighted by molar-refractivity contribution is 4.88. The first-order valence-corrected chi connectivity index (χ1v) is 7.82. The highest BCUT2D eigenvalue weighted by Gasteiger charge is 2.31. The standard InChI is InChI=1S/C16H36N2/c1-7-8-9-10-11-12-16(5,13-17)18(6)15(4)14(2)3/h14-15H,7-13,17H2,1-6H3. The van der Waals surface area contributed by atoms with Crippen molar-refractivity contribution in [3.8, 4) is 0 Å². The van der Waals surface area contributed by atoms with Gasteiger partial charge < -0.3 is 5.73 Å². The molecule has 2 nitrogen and oxygen atoms in total. The van der Waals surface area contributed by atoms with Gasteiger partial charge in [0, 0.05) is 18.1 Å². The molecule has 0 aliphatic heterocycles. The first-order chi connectivity index (χ1) is 8.39. The maximum atomic E-state index is 6.05. The van der Waals surface area contributed by atoms with E-state index in [9.17, 15) is 0 Å². The average molecular weight is 256 g/mol. The first kappa shape index (κ1) is 17.9. The van der Waals surface area contributed by atoms with Crippen LogP contribution < -0.4 is 5.73 Å². The summed E-state index contributed by atoms with van der Waals surface area (Å²) in [5.74, 6) is 0.681. The van der Waals surface area contributed by atoms with E-state index in [-0.39, 0.29) is 5.54 Å². The fraction of sp³-hybridized carbons (Fsp3) is 1.00. The SMILES string of the molecule is CCCCCCCC(C)(CN)N(C)C(C)C(C)C. The molecule has 0 saturated heterocycles. The Bertz CT molecular complexity index is 203. The quantitative estimate of drug-likeness (QED) is 0.598. The Hall–Kier alpha value is -0.0800. The minimum absolute atomic E-state index is 0.163. The zero-order chi connectivity index (χ0) is 14.2. The van der Waals surface area contributed by atoms with E-state index in [1.165, 1.54) is 38.5 Å². The number of hydrogen-bond acceptors (Lipinski definition) is 2. The second-order valence-corrected chi connectivity index (χ2v) is 6.46. The van der Waals surface area contributed by atoms with E-state index in [1.807, 2.05) is 0 Å². The van der Waals surface area contributed by atoms with Crippen LogP contribution in [-0.2, 0) is 0 Å². The third-order valence-electron chi connectivity index (χ3n) is 4.69. The molecule has 0 radical (unpaired) electrons. The van der Waals surface area contributed by atoms with Crippen LogP contribution in [-0.4, -0.2) is 30.1 Å². The summed E-state index contributed by atoms with van der Waals surface area (Å²) in [6, 6.07) is 0.592. The van der Waals surface area contributed by atoms with Crippen molar-refractivity contribution >= 4 is 0 Å². The Balaban J connectivity index is 4.23. The van der Waals surface area contributed by atoms with Gasteiger partial charge in [-0.2, -0.15) is 0 Å². The topological polar surface area (TPSA) is 29.3 Å². The van der Waals surface area contributed by atoms with Gasteiger partial charge in [-0.15, -0.1) is 0 Å². The lowest BCUT2D eigenvalue weighted by molar-refractivity contribution is 0.0675. The zero-order valence-electron chi connectivity index (χ0n) is 13.6. The zero-order valence-corrected chi connectivity index (χ0v) is 13.6. The first-order valence-electron chi connectivity index (χ1n) is 7.82. The van der Waals surface area contributed by atoms with E-state index >= 15 is 0 Å². The van der Waals surface area contributed by atoms with Gasteiger partial charge in [-0.05, 0) is 33.2 Å². The van der Waals surface area contributed by atoms with E-state index in [1.54, 1.807) is 0 Å². The van der Waals surface area contributed by atoms with Gasteiger partial charge in [0.2, 0.25) is 0 Å². The number of rotatable bonds is 10. The average Bonchev–Trinajstić information content (AvgIpc) is 2.36. The molecule has 0 aliphatic carbocycles. The van der Waals surface area contributed by atoms with Crippen LogP contribution in [0.15, 0.2) is 0 Å². The molecule has 2 heteroatoms. The lowest BCUT2D eigenvalue weighted by atomic mass is 9.89. The Labute approximate surface area is 115 Å². The summed E-state index contributed by atoms with van der Waals surface area (Å²) >= 11 is 0. The molecule has 0 rings (SSSR count). The normalized spacial score (nSPS) is 17.2. The molecule has 0 fully saturated rings. The van der Waals surface area contributed by atoms with Crippen LogP contribution in [0, 0.1) is 5.92 Å². The molecule has 0 aromatic carbocycles. The van der Waals surface area contributed by atoms with Gasteiger partial charge in [0.05, 0.1) is 0 Å². The third-order valence-corrected chi connectivity index (χ3v) is 4.69. The molecule has 0 amide bonds. The molecule has 0 spiro atoms. The van der Waals surface area contributed by atoms with Gasteiger partial charge >= 0.3 is 0 Å². The summed E-state index contributed by atoms with van der Waals surface area (Å²) in [7, 11) is 2.24. The molecule has 2 atom stereocenters. The smallest absolute Gasteiger partial charge is 0.0303 e. The van der Waals surface area contributed by atoms with Gasteiger partial charge in [-0.3, -0.25) is 4.90 Å². The van der Waals surface area contributed by atoms with Crippen LogP contribution in [0.2, 0.25) is 0 Å². The Morgan fingerprint density at radius 1 is 1.06 bits per heavy atom. The summed E-state index contributed by atoms with van der Waals surface area (Å²) in [5.41, 5.74) is 6.21. The summed E-state index contributed by atoms with van der Waals surface area (Å²) in [5, 5.41) is 0. The van der Waals surface area contributed by atoms with Crippen molar-refractivity contribution in [1.29, 1.82) is 0 Å². The second-order valence-electron chi connectivity index (χ2n) is 6.46. The van der Waals surface area contributed by atoms with Crippen molar-refractivity contribution in [2.75, 3.05) is 13.6 Å². The highest BCUT2D eigenvalue weighted by atomic mass is 15.2. The largest absolute Gasteiger partial charge is 0.329 e. The van der Waals surface area contributed by atoms with Crippen LogP contribution in [0.25, 0.3) is 0 Å². The maximum absolute atomic E-state index is 6.05. The van der Waals surface area contributed by atoms with Crippen molar-refractivity contribution in [2.45, 2.75) is 84.7 Å². The molecule has 0 bridgehead atoms. The van der Waals surface area contributed by atoms with Crippen molar-refractivity contribution in [2.24, 2.45) is 11.7 Å². The van der Waals surface area contributed by atoms with Crippen molar-refractivity contribution in [3.63, 3.8) is 0 Å². The number of hydrogen-bond donors (Lipinski definition) is 1. The van der Waals surface area contributed by atoms with E-state index in [0.717, 1.165) is 6.54 Å². The Kier molecular flexibility index (Phi) is 8.89. The van der Waals surface area contributed by atoms with E-state index in [0.29, 0.717) is 12.0 Å². The molecule has 0 aliphatic rings. The summed E-state index contributed by atoms with van der Waals surface area (Å²) in [4.78, 5) is 2.50. The van der Waals surface area contributed by atoms with E-state index in [4.69, 9.17) is 5.73 Å². The minimum Gasteiger partial charge on any atom is -0.329 e. The molecule has 18 heavy (non-hydrogen) atoms. The molecular weight excluding hydrogens is 220 g/mol.